The van der Waals surface area contributed by atoms with E-state index in [1.165, 1.54) is 0 Å². The molecule has 0 amide bonds. The molecule has 0 bridgehead atoms. The average molecular weight is 264 g/mol. The largest absolute Gasteiger partial charge is 0.462 e. The Hall–Kier alpha value is -0.620. The van der Waals surface area contributed by atoms with E-state index in [9.17, 15) is 9.59 Å². The van der Waals surface area contributed by atoms with Gasteiger partial charge in [0.1, 0.15) is 0 Å². The third-order valence-electron chi connectivity index (χ3n) is 1.42. The molecule has 0 aromatic rings. The molecule has 6 heteroatoms. The van der Waals surface area contributed by atoms with Crippen LogP contribution in [-0.2, 0) is 19.1 Å². The van der Waals surface area contributed by atoms with E-state index < -0.39 is 17.9 Å². The summed E-state index contributed by atoms with van der Waals surface area (Å²) in [5.41, 5.74) is 0. The zero-order chi connectivity index (χ0) is 12.9. The third-order valence-corrected chi connectivity index (χ3v) is 1.92. The Labute approximate surface area is 106 Å². The van der Waals surface area contributed by atoms with E-state index in [1.807, 2.05) is 0 Å². The molecule has 0 aromatic carbocycles. The zero-order valence-electron chi connectivity index (χ0n) is 9.72. The van der Waals surface area contributed by atoms with Gasteiger partial charge in [0, 0.05) is 0 Å². The lowest BCUT2D eigenvalue weighted by molar-refractivity contribution is -0.162. The SMILES string of the molecule is CC(C)OC(=O)C(C(=O)OC(C)C)C(=S)S. The summed E-state index contributed by atoms with van der Waals surface area (Å²) >= 11 is 8.58. The third kappa shape index (κ3) is 5.46. The highest BCUT2D eigenvalue weighted by molar-refractivity contribution is 8.11. The Bertz CT molecular complexity index is 265. The van der Waals surface area contributed by atoms with Crippen molar-refractivity contribution in [3.05, 3.63) is 0 Å². The number of thiocarbonyl (C=S) groups is 1. The standard InChI is InChI=1S/C10H16O4S2/c1-5(2)13-8(11)7(10(15)16)9(12)14-6(3)4/h5-7H,1-4H3,(H,15,16). The minimum atomic E-state index is -1.23. The first kappa shape index (κ1) is 15.4. The Morgan fingerprint density at radius 3 is 1.50 bits per heavy atom. The number of hydrogen-bond acceptors (Lipinski definition) is 5. The molecule has 0 radical (unpaired) electrons. The number of carbonyl (C=O) groups excluding carboxylic acids is 2. The predicted molar refractivity (Wildman–Crippen MR) is 67.5 cm³/mol. The lowest BCUT2D eigenvalue weighted by Crippen LogP contribution is -2.34. The summed E-state index contributed by atoms with van der Waals surface area (Å²) in [6.45, 7) is 6.74. The van der Waals surface area contributed by atoms with Crippen molar-refractivity contribution >= 4 is 41.0 Å². The van der Waals surface area contributed by atoms with Gasteiger partial charge in [0.05, 0.1) is 16.4 Å². The van der Waals surface area contributed by atoms with Gasteiger partial charge >= 0.3 is 11.9 Å². The van der Waals surface area contributed by atoms with E-state index >= 15 is 0 Å². The van der Waals surface area contributed by atoms with Crippen molar-refractivity contribution in [2.24, 2.45) is 5.92 Å². The molecule has 0 saturated heterocycles. The maximum atomic E-state index is 11.6. The Kier molecular flexibility index (Phi) is 6.59. The highest BCUT2D eigenvalue weighted by Gasteiger charge is 2.33. The summed E-state index contributed by atoms with van der Waals surface area (Å²) in [6, 6.07) is 0. The minimum absolute atomic E-state index is 0.0451. The van der Waals surface area contributed by atoms with E-state index in [1.54, 1.807) is 27.7 Å². The number of ether oxygens (including phenoxy) is 2. The summed E-state index contributed by atoms with van der Waals surface area (Å²) in [4.78, 5) is 23.1. The van der Waals surface area contributed by atoms with Crippen LogP contribution in [0, 0.1) is 5.92 Å². The van der Waals surface area contributed by atoms with Crippen molar-refractivity contribution in [3.63, 3.8) is 0 Å². The molecule has 0 saturated carbocycles. The number of hydrogen-bond donors (Lipinski definition) is 1. The molecule has 92 valence electrons. The Morgan fingerprint density at radius 1 is 1.00 bits per heavy atom. The molecular weight excluding hydrogens is 248 g/mol. The van der Waals surface area contributed by atoms with Gasteiger partial charge in [-0.15, -0.1) is 12.6 Å². The fourth-order valence-corrected chi connectivity index (χ4v) is 1.30. The quantitative estimate of drug-likeness (QED) is 0.355. The van der Waals surface area contributed by atoms with E-state index in [4.69, 9.17) is 21.7 Å². The number of thiol groups is 1. The van der Waals surface area contributed by atoms with Crippen LogP contribution in [0.25, 0.3) is 0 Å². The van der Waals surface area contributed by atoms with Gasteiger partial charge in [0.25, 0.3) is 0 Å². The van der Waals surface area contributed by atoms with E-state index in [2.05, 4.69) is 12.6 Å². The van der Waals surface area contributed by atoms with Gasteiger partial charge in [-0.3, -0.25) is 9.59 Å². The smallest absolute Gasteiger partial charge is 0.326 e. The van der Waals surface area contributed by atoms with Gasteiger partial charge in [-0.2, -0.15) is 0 Å². The van der Waals surface area contributed by atoms with Gasteiger partial charge in [-0.1, -0.05) is 12.2 Å². The van der Waals surface area contributed by atoms with Gasteiger partial charge in [-0.05, 0) is 27.7 Å². The zero-order valence-corrected chi connectivity index (χ0v) is 11.4. The van der Waals surface area contributed by atoms with Gasteiger partial charge in [-0.25, -0.2) is 0 Å². The molecule has 0 atom stereocenters. The molecule has 16 heavy (non-hydrogen) atoms. The molecule has 0 N–H and O–H groups in total. The van der Waals surface area contributed by atoms with Gasteiger partial charge in [0.15, 0.2) is 5.92 Å². The monoisotopic (exact) mass is 264 g/mol. The Balaban J connectivity index is 4.67. The first-order chi connectivity index (χ1) is 7.25. The van der Waals surface area contributed by atoms with Crippen molar-refractivity contribution in [2.75, 3.05) is 0 Å². The van der Waals surface area contributed by atoms with Crippen LogP contribution in [0.5, 0.6) is 0 Å². The van der Waals surface area contributed by atoms with Crippen LogP contribution in [0.1, 0.15) is 27.7 Å². The maximum Gasteiger partial charge on any atom is 0.326 e. The van der Waals surface area contributed by atoms with E-state index in [0.717, 1.165) is 0 Å². The van der Waals surface area contributed by atoms with Crippen molar-refractivity contribution in [3.8, 4) is 0 Å². The van der Waals surface area contributed by atoms with Crippen LogP contribution in [0.2, 0.25) is 0 Å². The molecule has 0 fully saturated rings. The molecule has 0 aliphatic heterocycles. The van der Waals surface area contributed by atoms with E-state index in [0.29, 0.717) is 0 Å². The van der Waals surface area contributed by atoms with E-state index in [-0.39, 0.29) is 16.4 Å². The number of esters is 2. The second kappa shape index (κ2) is 6.85. The number of rotatable bonds is 5. The fraction of sp³-hybridized carbons (Fsp3) is 0.700. The van der Waals surface area contributed by atoms with Crippen LogP contribution in [0.3, 0.4) is 0 Å². The summed E-state index contributed by atoms with van der Waals surface area (Å²) in [6.07, 6.45) is -0.630. The molecule has 0 aliphatic carbocycles. The topological polar surface area (TPSA) is 52.6 Å². The van der Waals surface area contributed by atoms with Crippen LogP contribution in [0.15, 0.2) is 0 Å². The van der Waals surface area contributed by atoms with Gasteiger partial charge in [0.2, 0.25) is 0 Å². The molecule has 0 unspecified atom stereocenters. The fourth-order valence-electron chi connectivity index (χ4n) is 0.899. The molecule has 0 spiro atoms. The van der Waals surface area contributed by atoms with Crippen molar-refractivity contribution in [1.29, 1.82) is 0 Å². The average Bonchev–Trinajstić information content (AvgIpc) is 1.98. The molecule has 0 rings (SSSR count). The van der Waals surface area contributed by atoms with Crippen LogP contribution >= 0.6 is 24.8 Å². The molecule has 0 heterocycles. The lowest BCUT2D eigenvalue weighted by atomic mass is 10.2. The number of carbonyl (C=O) groups is 2. The highest BCUT2D eigenvalue weighted by atomic mass is 32.1. The maximum absolute atomic E-state index is 11.6. The first-order valence-corrected chi connectivity index (χ1v) is 5.75. The van der Waals surface area contributed by atoms with Crippen molar-refractivity contribution in [1.82, 2.24) is 0 Å². The summed E-state index contributed by atoms with van der Waals surface area (Å²) in [5.74, 6) is -2.68. The van der Waals surface area contributed by atoms with Gasteiger partial charge < -0.3 is 9.47 Å². The summed E-state index contributed by atoms with van der Waals surface area (Å²) in [7, 11) is 0. The summed E-state index contributed by atoms with van der Waals surface area (Å²) < 4.78 is 9.76. The molecule has 4 nitrogen and oxygen atoms in total. The second-order valence-electron chi connectivity index (χ2n) is 3.74. The molecular formula is C10H16O4S2. The van der Waals surface area contributed by atoms with Crippen LogP contribution in [0.4, 0.5) is 0 Å². The van der Waals surface area contributed by atoms with Crippen molar-refractivity contribution in [2.45, 2.75) is 39.9 Å². The summed E-state index contributed by atoms with van der Waals surface area (Å²) in [5, 5.41) is 0. The molecule has 0 aromatic heterocycles. The lowest BCUT2D eigenvalue weighted by Gasteiger charge is -2.16. The van der Waals surface area contributed by atoms with Crippen LogP contribution in [-0.4, -0.2) is 28.3 Å². The van der Waals surface area contributed by atoms with Crippen LogP contribution < -0.4 is 0 Å². The molecule has 0 aliphatic rings. The second-order valence-corrected chi connectivity index (χ2v) is 4.97. The Morgan fingerprint density at radius 2 is 1.31 bits per heavy atom. The highest BCUT2D eigenvalue weighted by Crippen LogP contribution is 2.12. The predicted octanol–water partition coefficient (Wildman–Crippen LogP) is 1.76. The normalized spacial score (nSPS) is 10.8. The first-order valence-electron chi connectivity index (χ1n) is 4.89. The minimum Gasteiger partial charge on any atom is -0.462 e. The van der Waals surface area contributed by atoms with Crippen molar-refractivity contribution < 1.29 is 19.1 Å².